The summed E-state index contributed by atoms with van der Waals surface area (Å²) in [7, 11) is 0. The Balaban J connectivity index is 0.000000457. The van der Waals surface area contributed by atoms with E-state index in [0.29, 0.717) is 53.1 Å². The molecule has 3 heteroatoms. The maximum Gasteiger partial charge on any atom is 0.115 e. The second kappa shape index (κ2) is 38.7. The van der Waals surface area contributed by atoms with Crippen molar-refractivity contribution in [1.82, 2.24) is 10.2 Å². The van der Waals surface area contributed by atoms with Crippen LogP contribution in [0.3, 0.4) is 0 Å². The van der Waals surface area contributed by atoms with Crippen LogP contribution in [0.25, 0.3) is 0 Å². The van der Waals surface area contributed by atoms with Crippen molar-refractivity contribution in [2.45, 2.75) is 200 Å². The molecule has 0 saturated carbocycles. The van der Waals surface area contributed by atoms with E-state index in [4.69, 9.17) is 11.5 Å². The molecule has 8 rings (SSSR count). The van der Waals surface area contributed by atoms with Crippen molar-refractivity contribution < 1.29 is 5.11 Å². The number of aromatic hydroxyl groups is 1. The van der Waals surface area contributed by atoms with Crippen molar-refractivity contribution in [3.05, 3.63) is 260 Å². The van der Waals surface area contributed by atoms with Crippen LogP contribution in [0.15, 0.2) is 176 Å². The summed E-state index contributed by atoms with van der Waals surface area (Å²) < 4.78 is 0. The number of aromatic nitrogens is 2. The van der Waals surface area contributed by atoms with Crippen LogP contribution in [-0.4, -0.2) is 15.3 Å². The Morgan fingerprint density at radius 2 is 0.613 bits per heavy atom. The highest BCUT2D eigenvalue weighted by molar-refractivity contribution is 5.36. The van der Waals surface area contributed by atoms with Crippen LogP contribution >= 0.6 is 0 Å². The van der Waals surface area contributed by atoms with Gasteiger partial charge in [0.2, 0.25) is 0 Å². The molecule has 0 radical (unpaired) electrons. The number of rotatable bonds is 8. The summed E-state index contributed by atoms with van der Waals surface area (Å²) in [5, 5.41) is 15.9. The van der Waals surface area contributed by atoms with Gasteiger partial charge in [-0.2, -0.15) is 5.10 Å². The van der Waals surface area contributed by atoms with Gasteiger partial charge in [-0.15, -0.1) is 6.42 Å². The molecule has 0 saturated heterocycles. The summed E-state index contributed by atoms with van der Waals surface area (Å²) in [5.41, 5.74) is 19.6. The molecule has 0 amide bonds. The molecule has 80 heavy (non-hydrogen) atoms. The number of benzene rings is 7. The number of nitrogens with zero attached hydrogens (tertiary/aromatic N) is 1. The average Bonchev–Trinajstić information content (AvgIpc) is 3.87. The van der Waals surface area contributed by atoms with Gasteiger partial charge < -0.3 is 5.11 Å². The van der Waals surface area contributed by atoms with Gasteiger partial charge in [-0.05, 0) is 158 Å². The monoisotopic (exact) mass is 1070 g/mol. The smallest absolute Gasteiger partial charge is 0.115 e. The zero-order valence-corrected chi connectivity index (χ0v) is 53.8. The number of terminal acetylenes is 1. The first kappa shape index (κ1) is 71.1. The maximum absolute atomic E-state index is 8.94. The van der Waals surface area contributed by atoms with Crippen LogP contribution in [0, 0.1) is 53.9 Å². The van der Waals surface area contributed by atoms with E-state index in [1.54, 1.807) is 12.1 Å². The number of nitrogens with one attached hydrogen (secondary N) is 1. The quantitative estimate of drug-likeness (QED) is 0.149. The SMILES string of the molecule is C#Cc1cccc(C(C)C)c1.CC(C)c1ccc(O)cc1.Cc1cc(C(C)C)n[nH]1.Cc1ccc(C(C)C)cc1.Cc1ccc(C(C)C)cc1.Cc1ccc(C(C)C)cc1.Cc1ccc(C(C)C)cc1.Cc1cccc(C(C)C)c1. The highest BCUT2D eigenvalue weighted by Gasteiger charge is 2.03. The van der Waals surface area contributed by atoms with E-state index in [0.717, 1.165) is 17.0 Å². The summed E-state index contributed by atoms with van der Waals surface area (Å²) in [4.78, 5) is 0. The zero-order valence-electron chi connectivity index (χ0n) is 53.8. The third-order valence-corrected chi connectivity index (χ3v) is 13.3. The molecule has 1 heterocycles. The van der Waals surface area contributed by atoms with Gasteiger partial charge in [-0.1, -0.05) is 290 Å². The Bertz CT molecular complexity index is 2580. The Morgan fingerprint density at radius 3 is 0.838 bits per heavy atom. The second-order valence-electron chi connectivity index (χ2n) is 23.6. The molecule has 0 spiro atoms. The average molecular weight is 1080 g/mol. The van der Waals surface area contributed by atoms with Crippen LogP contribution in [0.4, 0.5) is 0 Å². The number of hydrogen-bond acceptors (Lipinski definition) is 2. The highest BCUT2D eigenvalue weighted by Crippen LogP contribution is 2.20. The van der Waals surface area contributed by atoms with Crippen LogP contribution in [-0.2, 0) is 0 Å². The van der Waals surface area contributed by atoms with E-state index in [2.05, 4.69) is 301 Å². The lowest BCUT2D eigenvalue weighted by Gasteiger charge is -2.04. The van der Waals surface area contributed by atoms with Gasteiger partial charge >= 0.3 is 0 Å². The van der Waals surface area contributed by atoms with Crippen LogP contribution in [0.5, 0.6) is 5.75 Å². The van der Waals surface area contributed by atoms with Gasteiger partial charge in [0, 0.05) is 11.3 Å². The topological polar surface area (TPSA) is 48.9 Å². The summed E-state index contributed by atoms with van der Waals surface area (Å²) in [5.74, 6) is 7.86. The summed E-state index contributed by atoms with van der Waals surface area (Å²) in [6.45, 7) is 47.6. The van der Waals surface area contributed by atoms with Gasteiger partial charge in [-0.3, -0.25) is 5.10 Å². The van der Waals surface area contributed by atoms with Crippen LogP contribution in [0.1, 0.15) is 242 Å². The van der Waals surface area contributed by atoms with Crippen molar-refractivity contribution in [3.63, 3.8) is 0 Å². The Kier molecular flexibility index (Phi) is 34.4. The first-order valence-corrected chi connectivity index (χ1v) is 29.3. The largest absolute Gasteiger partial charge is 0.508 e. The fourth-order valence-corrected chi connectivity index (χ4v) is 7.42. The van der Waals surface area contributed by atoms with Crippen molar-refractivity contribution >= 4 is 0 Å². The molecule has 430 valence electrons. The van der Waals surface area contributed by atoms with Gasteiger partial charge in [0.05, 0.1) is 5.69 Å². The number of aromatic amines is 1. The molecule has 7 aromatic carbocycles. The molecule has 8 aromatic rings. The number of H-pyrrole nitrogens is 1. The van der Waals surface area contributed by atoms with Crippen molar-refractivity contribution in [2.24, 2.45) is 0 Å². The number of hydrogen-bond donors (Lipinski definition) is 2. The predicted molar refractivity (Wildman–Crippen MR) is 354 cm³/mol. The van der Waals surface area contributed by atoms with Crippen molar-refractivity contribution in [2.75, 3.05) is 0 Å². The first-order chi connectivity index (χ1) is 37.6. The molecule has 0 fully saturated rings. The fourth-order valence-electron chi connectivity index (χ4n) is 7.42. The third-order valence-electron chi connectivity index (χ3n) is 13.3. The Morgan fingerprint density at radius 1 is 0.325 bits per heavy atom. The van der Waals surface area contributed by atoms with Crippen molar-refractivity contribution in [1.29, 1.82) is 0 Å². The van der Waals surface area contributed by atoms with E-state index in [1.807, 2.05) is 31.2 Å². The molecule has 0 aliphatic rings. The fraction of sp³-hybridized carbons (Fsp3) is 0.390. The molecule has 0 aliphatic carbocycles. The standard InChI is InChI=1S/C11H12.5C10H14.C9H12O.C7H12N2/c1-4-10-6-5-7-11(8-10)9(2)3;4*1-8(2)10-6-4-9(3)5-7-10;1-8(2)10-6-4-5-9(3)7-10;1-7(2)8-3-5-9(10)6-4-8;1-5(2)7-4-6(3)8-9-7/h1,5-9H,2-3H3;5*4-8H,1-3H3;3-7,10H,1-2H3;4-5H,1-3H3,(H,8,9). The first-order valence-electron chi connectivity index (χ1n) is 29.3. The molecular weight excluding hydrogens is 969 g/mol. The van der Waals surface area contributed by atoms with Crippen LogP contribution < -0.4 is 0 Å². The van der Waals surface area contributed by atoms with E-state index in [9.17, 15) is 0 Å². The van der Waals surface area contributed by atoms with Gasteiger partial charge in [-0.25, -0.2) is 0 Å². The van der Waals surface area contributed by atoms with Crippen molar-refractivity contribution in [3.8, 4) is 18.1 Å². The zero-order chi connectivity index (χ0) is 60.5. The maximum atomic E-state index is 8.94. The van der Waals surface area contributed by atoms with Gasteiger partial charge in [0.15, 0.2) is 0 Å². The number of phenolic OH excluding ortho intramolecular Hbond substituents is 1. The molecule has 1 aromatic heterocycles. The number of aryl methyl sites for hydroxylation is 6. The molecule has 0 atom stereocenters. The van der Waals surface area contributed by atoms with Gasteiger partial charge in [0.1, 0.15) is 5.75 Å². The van der Waals surface area contributed by atoms with E-state index < -0.39 is 0 Å². The minimum atomic E-state index is 0.337. The predicted octanol–water partition coefficient (Wildman–Crippen LogP) is 22.7. The molecule has 2 N–H and O–H groups in total. The van der Waals surface area contributed by atoms with E-state index in [1.165, 1.54) is 66.8 Å². The molecule has 0 aliphatic heterocycles. The Labute approximate surface area is 490 Å². The third kappa shape index (κ3) is 31.0. The molecule has 0 unspecified atom stereocenters. The molecular formula is C77H106N2O. The van der Waals surface area contributed by atoms with Crippen LogP contribution in [0.2, 0.25) is 0 Å². The molecule has 0 bridgehead atoms. The number of phenols is 1. The Hall–Kier alpha value is -6.89. The van der Waals surface area contributed by atoms with E-state index >= 15 is 0 Å². The molecule has 3 nitrogen and oxygen atoms in total. The minimum absolute atomic E-state index is 0.337. The lowest BCUT2D eigenvalue weighted by Crippen LogP contribution is -1.86. The second-order valence-corrected chi connectivity index (χ2v) is 23.6. The minimum Gasteiger partial charge on any atom is -0.508 e. The summed E-state index contributed by atoms with van der Waals surface area (Å²) in [6.07, 6.45) is 5.27. The van der Waals surface area contributed by atoms with E-state index in [-0.39, 0.29) is 0 Å². The summed E-state index contributed by atoms with van der Waals surface area (Å²) in [6, 6.07) is 61.0. The lowest BCUT2D eigenvalue weighted by molar-refractivity contribution is 0.475. The van der Waals surface area contributed by atoms with Gasteiger partial charge in [0.25, 0.3) is 0 Å². The highest BCUT2D eigenvalue weighted by atomic mass is 16.3. The normalized spacial score (nSPS) is 10.3. The summed E-state index contributed by atoms with van der Waals surface area (Å²) >= 11 is 0. The lowest BCUT2D eigenvalue weighted by atomic mass is 10.0.